The maximum Gasteiger partial charge on any atom is 0.261 e. The van der Waals surface area contributed by atoms with E-state index >= 15 is 0 Å². The third-order valence-corrected chi connectivity index (χ3v) is 6.25. The first-order chi connectivity index (χ1) is 17.4. The summed E-state index contributed by atoms with van der Waals surface area (Å²) < 4.78 is 16.4. The van der Waals surface area contributed by atoms with Crippen molar-refractivity contribution in [2.45, 2.75) is 18.1 Å². The second kappa shape index (κ2) is 8.96. The molecule has 0 saturated heterocycles. The Bertz CT molecular complexity index is 1370. The Hall–Kier alpha value is -4.45. The largest absolute Gasteiger partial charge is 0.493 e. The number of methoxy groups -OCH3 is 3. The lowest BCUT2D eigenvalue weighted by molar-refractivity contribution is -0.115. The molecule has 2 atom stereocenters. The maximum atomic E-state index is 13.4. The number of hydrogen-bond acceptors (Lipinski definition) is 10. The average Bonchev–Trinajstić information content (AvgIpc) is 3.47. The van der Waals surface area contributed by atoms with E-state index in [0.29, 0.717) is 40.5 Å². The minimum atomic E-state index is -0.802. The van der Waals surface area contributed by atoms with Crippen LogP contribution in [-0.4, -0.2) is 66.0 Å². The van der Waals surface area contributed by atoms with Gasteiger partial charge in [0.15, 0.2) is 17.3 Å². The predicted octanol–water partition coefficient (Wildman–Crippen LogP) is 1.20. The van der Waals surface area contributed by atoms with Gasteiger partial charge in [-0.2, -0.15) is 0 Å². The molecule has 12 nitrogen and oxygen atoms in total. The number of amides is 1. The summed E-state index contributed by atoms with van der Waals surface area (Å²) in [5.41, 5.74) is 1.27. The van der Waals surface area contributed by atoms with Crippen LogP contribution in [0.4, 0.5) is 0 Å². The van der Waals surface area contributed by atoms with Crippen molar-refractivity contribution in [1.82, 2.24) is 35.9 Å². The van der Waals surface area contributed by atoms with E-state index < -0.39 is 11.4 Å². The van der Waals surface area contributed by atoms with Crippen molar-refractivity contribution in [3.8, 4) is 11.5 Å². The van der Waals surface area contributed by atoms with Crippen LogP contribution < -0.4 is 25.4 Å². The lowest BCUT2D eigenvalue weighted by Crippen LogP contribution is -2.44. The van der Waals surface area contributed by atoms with Crippen LogP contribution in [0.5, 0.6) is 11.5 Å². The van der Waals surface area contributed by atoms with Crippen LogP contribution in [0.25, 0.3) is 16.6 Å². The average molecular weight is 491 g/mol. The van der Waals surface area contributed by atoms with Crippen molar-refractivity contribution >= 4 is 28.2 Å². The van der Waals surface area contributed by atoms with Gasteiger partial charge in [0.25, 0.3) is 5.91 Å². The van der Waals surface area contributed by atoms with Gasteiger partial charge in [-0.25, -0.2) is 15.0 Å². The molecule has 12 heteroatoms. The zero-order chi connectivity index (χ0) is 25.4. The molecule has 3 aromatic rings. The number of imidazole rings is 1. The number of aromatic amines is 1. The fourth-order valence-electron chi connectivity index (χ4n) is 4.37. The Balaban J connectivity index is 1.68. The number of fused-ring (bicyclic) bond motifs is 1. The first kappa shape index (κ1) is 23.3. The van der Waals surface area contributed by atoms with Gasteiger partial charge in [0.05, 0.1) is 42.8 Å². The van der Waals surface area contributed by atoms with E-state index in [1.807, 2.05) is 0 Å². The van der Waals surface area contributed by atoms with Gasteiger partial charge in [-0.3, -0.25) is 10.2 Å². The number of nitrogens with zero attached hydrogens (tertiary/aromatic N) is 3. The summed E-state index contributed by atoms with van der Waals surface area (Å²) in [6, 6.07) is 5.20. The molecule has 2 aromatic heterocycles. The molecule has 0 bridgehead atoms. The van der Waals surface area contributed by atoms with Gasteiger partial charge in [0.2, 0.25) is 0 Å². The van der Waals surface area contributed by atoms with E-state index in [4.69, 9.17) is 19.6 Å². The minimum absolute atomic E-state index is 0.0756. The summed E-state index contributed by atoms with van der Waals surface area (Å²) in [6.45, 7) is 0. The van der Waals surface area contributed by atoms with Gasteiger partial charge < -0.3 is 35.1 Å². The van der Waals surface area contributed by atoms with Gasteiger partial charge >= 0.3 is 0 Å². The highest BCUT2D eigenvalue weighted by atomic mass is 16.5. The summed E-state index contributed by atoms with van der Waals surface area (Å²) in [4.78, 5) is 30.1. The minimum Gasteiger partial charge on any atom is -0.493 e. The molecule has 1 aromatic carbocycles. The van der Waals surface area contributed by atoms with Crippen LogP contribution in [-0.2, 0) is 15.1 Å². The smallest absolute Gasteiger partial charge is 0.261 e. The molecule has 0 radical (unpaired) electrons. The highest BCUT2D eigenvalue weighted by molar-refractivity contribution is 6.33. The predicted molar refractivity (Wildman–Crippen MR) is 131 cm³/mol. The summed E-state index contributed by atoms with van der Waals surface area (Å²) in [6.07, 6.45) is 5.18. The number of aromatic nitrogens is 4. The normalized spacial score (nSPS) is 22.6. The standard InChI is InChI=1S/C24H26N8O4/c1-26-11-14-19(25)20(32-24(10-17(24)36-4)23-27-6-5-7-28-23)18(22(33)31-14)21-29-12-8-15(34-2)16(35-3)9-13(12)30-21/h5-9,11,17,25-26,32H,10H2,1-4H3,(H,29,30)(H,31,33)/b14-11+,25-19?/t17?,24-/m0/s1. The molecule has 1 amide bonds. The molecular formula is C24H26N8O4. The van der Waals surface area contributed by atoms with Crippen LogP contribution in [0.15, 0.2) is 48.2 Å². The van der Waals surface area contributed by atoms with E-state index in [0.717, 1.165) is 0 Å². The first-order valence-electron chi connectivity index (χ1n) is 11.2. The zero-order valence-electron chi connectivity index (χ0n) is 20.2. The molecule has 1 unspecified atom stereocenters. The number of rotatable bonds is 8. The molecule has 5 rings (SSSR count). The van der Waals surface area contributed by atoms with Crippen molar-refractivity contribution in [3.63, 3.8) is 0 Å². The topological polar surface area (TPSA) is 159 Å². The molecule has 1 fully saturated rings. The lowest BCUT2D eigenvalue weighted by atomic mass is 10.00. The van der Waals surface area contributed by atoms with Crippen molar-refractivity contribution < 1.29 is 19.0 Å². The number of carbonyl (C=O) groups excluding carboxylic acids is 1. The van der Waals surface area contributed by atoms with Gasteiger partial charge in [0, 0.05) is 51.3 Å². The maximum absolute atomic E-state index is 13.4. The number of nitrogens with one attached hydrogen (secondary N) is 5. The summed E-state index contributed by atoms with van der Waals surface area (Å²) in [5.74, 6) is 1.41. The summed E-state index contributed by atoms with van der Waals surface area (Å²) in [7, 11) is 6.39. The Kier molecular flexibility index (Phi) is 5.80. The van der Waals surface area contributed by atoms with Crippen molar-refractivity contribution in [3.05, 3.63) is 59.8 Å². The Morgan fingerprint density at radius 1 is 1.17 bits per heavy atom. The number of H-pyrrole nitrogens is 1. The molecule has 1 aliphatic heterocycles. The molecular weight excluding hydrogens is 464 g/mol. The van der Waals surface area contributed by atoms with Crippen LogP contribution in [0.2, 0.25) is 0 Å². The molecule has 1 aliphatic carbocycles. The van der Waals surface area contributed by atoms with Crippen LogP contribution in [0, 0.1) is 5.41 Å². The van der Waals surface area contributed by atoms with E-state index in [9.17, 15) is 4.79 Å². The third-order valence-electron chi connectivity index (χ3n) is 6.25. The van der Waals surface area contributed by atoms with E-state index in [1.165, 1.54) is 0 Å². The molecule has 3 heterocycles. The lowest BCUT2D eigenvalue weighted by Gasteiger charge is -2.28. The number of benzene rings is 1. The van der Waals surface area contributed by atoms with E-state index in [-0.39, 0.29) is 28.9 Å². The number of ether oxygens (including phenoxy) is 3. The Labute approximate surface area is 206 Å². The Morgan fingerprint density at radius 2 is 1.89 bits per heavy atom. The van der Waals surface area contributed by atoms with Crippen molar-refractivity contribution in [1.29, 1.82) is 5.41 Å². The van der Waals surface area contributed by atoms with E-state index in [1.54, 1.807) is 65.2 Å². The van der Waals surface area contributed by atoms with Crippen LogP contribution in [0.3, 0.4) is 0 Å². The second-order valence-corrected chi connectivity index (χ2v) is 8.33. The molecule has 0 spiro atoms. The van der Waals surface area contributed by atoms with Crippen LogP contribution in [0.1, 0.15) is 18.1 Å². The fourth-order valence-corrected chi connectivity index (χ4v) is 4.37. The van der Waals surface area contributed by atoms with Crippen LogP contribution >= 0.6 is 0 Å². The molecule has 1 saturated carbocycles. The quantitative estimate of drug-likeness (QED) is 0.313. The fraction of sp³-hybridized carbons (Fsp3) is 0.292. The van der Waals surface area contributed by atoms with E-state index in [2.05, 4.69) is 35.9 Å². The van der Waals surface area contributed by atoms with Crippen molar-refractivity contribution in [2.75, 3.05) is 28.4 Å². The van der Waals surface area contributed by atoms with Gasteiger partial charge in [-0.15, -0.1) is 0 Å². The molecule has 186 valence electrons. The molecule has 36 heavy (non-hydrogen) atoms. The molecule has 5 N–H and O–H groups in total. The highest BCUT2D eigenvalue weighted by Gasteiger charge is 2.60. The SMILES string of the molecule is CN/C=C1/NC(=O)C(c2nc3cc(OC)c(OC)cc3[nH]2)=C(N[C@@]2(c3ncccn3)CC2OC)C1=N. The molecule has 2 aliphatic rings. The van der Waals surface area contributed by atoms with Gasteiger partial charge in [0.1, 0.15) is 22.6 Å². The van der Waals surface area contributed by atoms with Crippen molar-refractivity contribution in [2.24, 2.45) is 0 Å². The number of hydrogen-bond donors (Lipinski definition) is 5. The Morgan fingerprint density at radius 3 is 2.53 bits per heavy atom. The number of carbonyl (C=O) groups is 1. The summed E-state index contributed by atoms with van der Waals surface area (Å²) >= 11 is 0. The third kappa shape index (κ3) is 3.71. The zero-order valence-corrected chi connectivity index (χ0v) is 20.2. The second-order valence-electron chi connectivity index (χ2n) is 8.33. The highest BCUT2D eigenvalue weighted by Crippen LogP contribution is 2.48. The monoisotopic (exact) mass is 490 g/mol. The van der Waals surface area contributed by atoms with Gasteiger partial charge in [-0.05, 0) is 6.07 Å². The van der Waals surface area contributed by atoms with Gasteiger partial charge in [-0.1, -0.05) is 0 Å². The summed E-state index contributed by atoms with van der Waals surface area (Å²) in [5, 5.41) is 18.0. The first-order valence-corrected chi connectivity index (χ1v) is 11.2.